The number of pyridine rings is 1. The smallest absolute Gasteiger partial charge is 0.128 e. The van der Waals surface area contributed by atoms with Crippen LogP contribution in [0.15, 0.2) is 18.3 Å². The highest BCUT2D eigenvalue weighted by Gasteiger charge is 2.59. The molecule has 0 spiro atoms. The van der Waals surface area contributed by atoms with Crippen LogP contribution >= 0.6 is 0 Å². The number of aromatic nitrogens is 1. The molecule has 3 aliphatic rings. The summed E-state index contributed by atoms with van der Waals surface area (Å²) in [6.45, 7) is 0. The van der Waals surface area contributed by atoms with E-state index in [0.717, 1.165) is 11.7 Å². The van der Waals surface area contributed by atoms with Gasteiger partial charge in [-0.25, -0.2) is 4.98 Å². The molecule has 0 atom stereocenters. The van der Waals surface area contributed by atoms with E-state index < -0.39 is 0 Å². The van der Waals surface area contributed by atoms with Crippen LogP contribution in [0.3, 0.4) is 0 Å². The number of rotatable bonds is 2. The van der Waals surface area contributed by atoms with E-state index in [9.17, 15) is 0 Å². The van der Waals surface area contributed by atoms with Gasteiger partial charge in [-0.15, -0.1) is 0 Å². The van der Waals surface area contributed by atoms with Crippen LogP contribution in [0.5, 0.6) is 0 Å². The Balaban J connectivity index is 1.83. The van der Waals surface area contributed by atoms with Gasteiger partial charge in [-0.1, -0.05) is 0 Å². The van der Waals surface area contributed by atoms with Crippen LogP contribution < -0.4 is 4.90 Å². The van der Waals surface area contributed by atoms with Gasteiger partial charge in [0, 0.05) is 18.8 Å². The fourth-order valence-corrected chi connectivity index (χ4v) is 2.74. The summed E-state index contributed by atoms with van der Waals surface area (Å²) < 4.78 is 0. The molecular formula is C12H13N3. The zero-order chi connectivity index (χ0) is 10.5. The van der Waals surface area contributed by atoms with E-state index in [4.69, 9.17) is 5.26 Å². The Labute approximate surface area is 89.3 Å². The van der Waals surface area contributed by atoms with Gasteiger partial charge in [-0.2, -0.15) is 5.26 Å². The molecule has 76 valence electrons. The molecule has 0 aromatic carbocycles. The van der Waals surface area contributed by atoms with Crippen molar-refractivity contribution in [2.24, 2.45) is 5.92 Å². The van der Waals surface area contributed by atoms with E-state index in [0.29, 0.717) is 11.1 Å². The van der Waals surface area contributed by atoms with Crippen LogP contribution in [-0.2, 0) is 0 Å². The second kappa shape index (κ2) is 2.73. The molecule has 3 nitrogen and oxygen atoms in total. The summed E-state index contributed by atoms with van der Waals surface area (Å²) in [6.07, 6.45) is 5.62. The van der Waals surface area contributed by atoms with Crippen LogP contribution in [-0.4, -0.2) is 17.6 Å². The lowest BCUT2D eigenvalue weighted by atomic mass is 9.49. The molecule has 1 aromatic heterocycles. The van der Waals surface area contributed by atoms with Crippen molar-refractivity contribution in [1.82, 2.24) is 4.98 Å². The molecule has 4 rings (SSSR count). The largest absolute Gasteiger partial charge is 0.354 e. The Hall–Kier alpha value is -1.56. The van der Waals surface area contributed by atoms with Gasteiger partial charge in [0.1, 0.15) is 11.9 Å². The first-order valence-corrected chi connectivity index (χ1v) is 5.33. The molecule has 0 radical (unpaired) electrons. The molecule has 3 fully saturated rings. The number of hydrogen-bond acceptors (Lipinski definition) is 3. The summed E-state index contributed by atoms with van der Waals surface area (Å²) >= 11 is 0. The highest BCUT2D eigenvalue weighted by atomic mass is 15.3. The molecule has 0 aliphatic heterocycles. The highest BCUT2D eigenvalue weighted by molar-refractivity contribution is 5.47. The highest BCUT2D eigenvalue weighted by Crippen LogP contribution is 2.60. The van der Waals surface area contributed by atoms with Gasteiger partial charge in [0.25, 0.3) is 0 Å². The van der Waals surface area contributed by atoms with Gasteiger partial charge >= 0.3 is 0 Å². The first-order valence-electron chi connectivity index (χ1n) is 5.33. The van der Waals surface area contributed by atoms with Gasteiger partial charge in [0.15, 0.2) is 0 Å². The third-order valence-corrected chi connectivity index (χ3v) is 3.94. The lowest BCUT2D eigenvalue weighted by Gasteiger charge is -2.66. The quantitative estimate of drug-likeness (QED) is 0.730. The van der Waals surface area contributed by atoms with Crippen LogP contribution in [0, 0.1) is 17.2 Å². The molecule has 1 heterocycles. The van der Waals surface area contributed by atoms with Crippen LogP contribution in [0.2, 0.25) is 0 Å². The Morgan fingerprint density at radius 3 is 2.60 bits per heavy atom. The van der Waals surface area contributed by atoms with Crippen molar-refractivity contribution in [3.05, 3.63) is 23.9 Å². The first-order chi connectivity index (χ1) is 7.23. The average molecular weight is 199 g/mol. The van der Waals surface area contributed by atoms with E-state index in [-0.39, 0.29) is 0 Å². The predicted octanol–water partition coefficient (Wildman–Crippen LogP) is 1.94. The van der Waals surface area contributed by atoms with Crippen molar-refractivity contribution in [2.45, 2.75) is 24.8 Å². The van der Waals surface area contributed by atoms with E-state index in [2.05, 4.69) is 23.0 Å². The number of anilines is 1. The number of hydrogen-bond donors (Lipinski definition) is 0. The van der Waals surface area contributed by atoms with Gasteiger partial charge in [0.2, 0.25) is 0 Å². The second-order valence-corrected chi connectivity index (χ2v) is 4.78. The molecule has 0 saturated heterocycles. The van der Waals surface area contributed by atoms with Crippen LogP contribution in [0.4, 0.5) is 5.82 Å². The number of nitrogens with zero attached hydrogens (tertiary/aromatic N) is 3. The molecule has 0 unspecified atom stereocenters. The summed E-state index contributed by atoms with van der Waals surface area (Å²) in [5.74, 6) is 1.97. The molecular weight excluding hydrogens is 186 g/mol. The molecule has 3 saturated carbocycles. The minimum absolute atomic E-state index is 0.409. The Morgan fingerprint density at radius 2 is 2.20 bits per heavy atom. The van der Waals surface area contributed by atoms with Crippen molar-refractivity contribution < 1.29 is 0 Å². The van der Waals surface area contributed by atoms with E-state index in [1.54, 1.807) is 6.20 Å². The maximum absolute atomic E-state index is 8.69. The summed E-state index contributed by atoms with van der Waals surface area (Å²) in [6, 6.07) is 5.87. The zero-order valence-corrected chi connectivity index (χ0v) is 8.77. The lowest BCUT2D eigenvalue weighted by molar-refractivity contribution is -0.0214. The summed E-state index contributed by atoms with van der Waals surface area (Å²) in [5, 5.41) is 8.69. The minimum Gasteiger partial charge on any atom is -0.354 e. The van der Waals surface area contributed by atoms with Gasteiger partial charge in [-0.05, 0) is 37.3 Å². The molecule has 2 bridgehead atoms. The van der Waals surface area contributed by atoms with Crippen molar-refractivity contribution in [3.63, 3.8) is 0 Å². The zero-order valence-electron chi connectivity index (χ0n) is 8.77. The number of nitriles is 1. The second-order valence-electron chi connectivity index (χ2n) is 4.78. The van der Waals surface area contributed by atoms with Gasteiger partial charge < -0.3 is 4.90 Å². The maximum atomic E-state index is 8.69. The van der Waals surface area contributed by atoms with E-state index >= 15 is 0 Å². The minimum atomic E-state index is 0.409. The van der Waals surface area contributed by atoms with Crippen LogP contribution in [0.25, 0.3) is 0 Å². The van der Waals surface area contributed by atoms with Crippen molar-refractivity contribution >= 4 is 5.82 Å². The molecule has 3 heteroatoms. The third kappa shape index (κ3) is 1.08. The van der Waals surface area contributed by atoms with Crippen LogP contribution in [0.1, 0.15) is 24.8 Å². The van der Waals surface area contributed by atoms with E-state index in [1.807, 2.05) is 12.1 Å². The van der Waals surface area contributed by atoms with Crippen molar-refractivity contribution in [1.29, 1.82) is 5.26 Å². The van der Waals surface area contributed by atoms with Crippen molar-refractivity contribution in [2.75, 3.05) is 11.9 Å². The summed E-state index contributed by atoms with van der Waals surface area (Å²) in [7, 11) is 2.11. The average Bonchev–Trinajstić information content (AvgIpc) is 2.13. The first kappa shape index (κ1) is 8.72. The molecule has 0 amide bonds. The lowest BCUT2D eigenvalue weighted by Crippen LogP contribution is -2.67. The third-order valence-electron chi connectivity index (χ3n) is 3.94. The summed E-state index contributed by atoms with van der Waals surface area (Å²) in [4.78, 5) is 6.61. The predicted molar refractivity (Wildman–Crippen MR) is 57.4 cm³/mol. The van der Waals surface area contributed by atoms with Crippen molar-refractivity contribution in [3.8, 4) is 6.07 Å². The molecule has 3 aliphatic carbocycles. The Morgan fingerprint density at radius 1 is 1.47 bits per heavy atom. The Bertz CT molecular complexity index is 412. The maximum Gasteiger partial charge on any atom is 0.128 e. The summed E-state index contributed by atoms with van der Waals surface area (Å²) in [5.41, 5.74) is 1.04. The SMILES string of the molecule is CN(c1ccc(C#N)cn1)C12CC(C1)C2. The van der Waals surface area contributed by atoms with E-state index in [1.165, 1.54) is 19.3 Å². The molecule has 15 heavy (non-hydrogen) atoms. The van der Waals surface area contributed by atoms with Gasteiger partial charge in [0.05, 0.1) is 5.56 Å². The Kier molecular flexibility index (Phi) is 1.59. The standard InChI is InChI=1S/C12H13N3/c1-15(12-4-10(5-12)6-12)11-3-2-9(7-13)8-14-11/h2-3,8,10H,4-6H2,1H3. The molecule has 0 N–H and O–H groups in total. The fraction of sp³-hybridized carbons (Fsp3) is 0.500. The van der Waals surface area contributed by atoms with Gasteiger partial charge in [-0.3, -0.25) is 0 Å². The monoisotopic (exact) mass is 199 g/mol. The topological polar surface area (TPSA) is 39.9 Å². The fourth-order valence-electron chi connectivity index (χ4n) is 2.74. The molecule has 1 aromatic rings. The normalized spacial score (nSPS) is 31.1.